The number of anilines is 1. The molecule has 0 saturated heterocycles. The number of rotatable bonds is 3. The Labute approximate surface area is 103 Å². The molecule has 1 aliphatic rings. The lowest BCUT2D eigenvalue weighted by atomic mass is 9.94. The third-order valence-corrected chi connectivity index (χ3v) is 3.40. The number of para-hydroxylation sites is 1. The van der Waals surface area contributed by atoms with Gasteiger partial charge in [-0.3, -0.25) is 0 Å². The number of hydrogen-bond donors (Lipinski definition) is 0. The van der Waals surface area contributed by atoms with Gasteiger partial charge >= 0.3 is 0 Å². The summed E-state index contributed by atoms with van der Waals surface area (Å²) in [6.45, 7) is 3.21. The van der Waals surface area contributed by atoms with Gasteiger partial charge in [0, 0.05) is 23.8 Å². The monoisotopic (exact) mass is 226 g/mol. The lowest BCUT2D eigenvalue weighted by Gasteiger charge is -2.34. The maximum Gasteiger partial charge on any atom is 0.0943 e. The number of nitrogens with zero attached hydrogens (tertiary/aromatic N) is 2. The zero-order valence-electron chi connectivity index (χ0n) is 10.3. The van der Waals surface area contributed by atoms with E-state index < -0.39 is 0 Å². The molecule has 88 valence electrons. The Morgan fingerprint density at radius 3 is 2.65 bits per heavy atom. The maximum absolute atomic E-state index is 8.86. The van der Waals surface area contributed by atoms with Crippen LogP contribution in [0.25, 0.3) is 0 Å². The Hall–Kier alpha value is -1.75. The van der Waals surface area contributed by atoms with Crippen molar-refractivity contribution in [2.24, 2.45) is 0 Å². The summed E-state index contributed by atoms with van der Waals surface area (Å²) < 4.78 is 0. The minimum Gasteiger partial charge on any atom is -0.369 e. The molecule has 0 aromatic heterocycles. The van der Waals surface area contributed by atoms with Gasteiger partial charge in [-0.05, 0) is 38.3 Å². The van der Waals surface area contributed by atoms with Crippen LogP contribution in [0.1, 0.15) is 26.2 Å². The highest BCUT2D eigenvalue weighted by molar-refractivity contribution is 5.47. The molecule has 0 heterocycles. The van der Waals surface area contributed by atoms with Gasteiger partial charge in [0.1, 0.15) is 0 Å². The Morgan fingerprint density at radius 1 is 1.35 bits per heavy atom. The van der Waals surface area contributed by atoms with Gasteiger partial charge in [-0.25, -0.2) is 0 Å². The molecule has 2 heteroatoms. The molecule has 0 N–H and O–H groups in total. The van der Waals surface area contributed by atoms with E-state index in [1.54, 1.807) is 0 Å². The van der Waals surface area contributed by atoms with Crippen LogP contribution in [0, 0.1) is 11.3 Å². The molecule has 0 radical (unpaired) electrons. The first-order valence-corrected chi connectivity index (χ1v) is 6.26. The van der Waals surface area contributed by atoms with Crippen LogP contribution in [0.5, 0.6) is 0 Å². The molecule has 1 aromatic carbocycles. The smallest absolute Gasteiger partial charge is 0.0943 e. The van der Waals surface area contributed by atoms with Gasteiger partial charge in [-0.15, -0.1) is 0 Å². The number of benzene rings is 1. The number of nitriles is 1. The Morgan fingerprint density at radius 2 is 2.12 bits per heavy atom. The van der Waals surface area contributed by atoms with Gasteiger partial charge in [0.05, 0.1) is 6.07 Å². The molecule has 0 amide bonds. The Balaban J connectivity index is 2.11. The summed E-state index contributed by atoms with van der Waals surface area (Å²) in [7, 11) is 0. The molecule has 0 aliphatic heterocycles. The molecule has 0 fully saturated rings. The quantitative estimate of drug-likeness (QED) is 0.788. The third-order valence-electron chi connectivity index (χ3n) is 3.40. The largest absolute Gasteiger partial charge is 0.369 e. The van der Waals surface area contributed by atoms with Crippen LogP contribution < -0.4 is 4.90 Å². The molecular weight excluding hydrogens is 208 g/mol. The van der Waals surface area contributed by atoms with E-state index in [0.29, 0.717) is 6.04 Å². The van der Waals surface area contributed by atoms with Gasteiger partial charge in [0.25, 0.3) is 0 Å². The van der Waals surface area contributed by atoms with E-state index in [2.05, 4.69) is 48.2 Å². The van der Waals surface area contributed by atoms with Crippen LogP contribution in [0.3, 0.4) is 0 Å². The molecule has 1 unspecified atom stereocenters. The lowest BCUT2D eigenvalue weighted by Crippen LogP contribution is -2.36. The fourth-order valence-electron chi connectivity index (χ4n) is 2.48. The standard InChI is InChI=1S/C15H18N2/c1-2-17(14-6-4-3-5-7-14)15-10-8-13(12-16)9-11-15/h3-8,15H,2,9-11H2,1H3. The molecule has 0 saturated carbocycles. The maximum atomic E-state index is 8.86. The Bertz CT molecular complexity index is 428. The third kappa shape index (κ3) is 2.68. The summed E-state index contributed by atoms with van der Waals surface area (Å²) >= 11 is 0. The normalized spacial score (nSPS) is 19.3. The molecule has 1 atom stereocenters. The van der Waals surface area contributed by atoms with E-state index in [1.807, 2.05) is 6.07 Å². The summed E-state index contributed by atoms with van der Waals surface area (Å²) in [4.78, 5) is 2.44. The summed E-state index contributed by atoms with van der Waals surface area (Å²) in [5, 5.41) is 8.86. The predicted octanol–water partition coefficient (Wildman–Crippen LogP) is 3.52. The zero-order valence-corrected chi connectivity index (χ0v) is 10.3. The van der Waals surface area contributed by atoms with Gasteiger partial charge in [0.2, 0.25) is 0 Å². The van der Waals surface area contributed by atoms with E-state index in [1.165, 1.54) is 5.69 Å². The van der Waals surface area contributed by atoms with Crippen LogP contribution in [0.2, 0.25) is 0 Å². The minimum atomic E-state index is 0.541. The average Bonchev–Trinajstić information content (AvgIpc) is 2.42. The highest BCUT2D eigenvalue weighted by Gasteiger charge is 2.20. The van der Waals surface area contributed by atoms with Crippen LogP contribution in [-0.4, -0.2) is 12.6 Å². The van der Waals surface area contributed by atoms with Crippen molar-refractivity contribution < 1.29 is 0 Å². The molecule has 2 rings (SSSR count). The van der Waals surface area contributed by atoms with Crippen LogP contribution >= 0.6 is 0 Å². The second-order valence-corrected chi connectivity index (χ2v) is 4.39. The van der Waals surface area contributed by atoms with Crippen molar-refractivity contribution >= 4 is 5.69 Å². The van der Waals surface area contributed by atoms with E-state index >= 15 is 0 Å². The molecule has 17 heavy (non-hydrogen) atoms. The van der Waals surface area contributed by atoms with E-state index in [-0.39, 0.29) is 0 Å². The fourth-order valence-corrected chi connectivity index (χ4v) is 2.48. The first-order chi connectivity index (χ1) is 8.35. The lowest BCUT2D eigenvalue weighted by molar-refractivity contribution is 0.545. The SMILES string of the molecule is CCN(c1ccccc1)C1CC=C(C#N)CC1. The van der Waals surface area contributed by atoms with E-state index in [0.717, 1.165) is 31.4 Å². The molecule has 2 nitrogen and oxygen atoms in total. The van der Waals surface area contributed by atoms with Crippen molar-refractivity contribution in [3.8, 4) is 6.07 Å². The second-order valence-electron chi connectivity index (χ2n) is 4.39. The van der Waals surface area contributed by atoms with Crippen molar-refractivity contribution in [2.75, 3.05) is 11.4 Å². The zero-order chi connectivity index (χ0) is 12.1. The van der Waals surface area contributed by atoms with Crippen LogP contribution in [0.15, 0.2) is 42.0 Å². The van der Waals surface area contributed by atoms with Crippen molar-refractivity contribution in [1.82, 2.24) is 0 Å². The van der Waals surface area contributed by atoms with E-state index in [4.69, 9.17) is 5.26 Å². The summed E-state index contributed by atoms with van der Waals surface area (Å²) in [5.41, 5.74) is 2.24. The van der Waals surface area contributed by atoms with Crippen molar-refractivity contribution in [2.45, 2.75) is 32.2 Å². The molecule has 0 bridgehead atoms. The topological polar surface area (TPSA) is 27.0 Å². The molecule has 1 aliphatic carbocycles. The number of hydrogen-bond acceptors (Lipinski definition) is 2. The minimum absolute atomic E-state index is 0.541. The summed E-state index contributed by atoms with van der Waals surface area (Å²) in [5.74, 6) is 0. The predicted molar refractivity (Wildman–Crippen MR) is 70.8 cm³/mol. The average molecular weight is 226 g/mol. The Kier molecular flexibility index (Phi) is 3.82. The van der Waals surface area contributed by atoms with Crippen molar-refractivity contribution in [1.29, 1.82) is 5.26 Å². The van der Waals surface area contributed by atoms with Crippen LogP contribution in [0.4, 0.5) is 5.69 Å². The second kappa shape index (κ2) is 5.54. The van der Waals surface area contributed by atoms with E-state index in [9.17, 15) is 0 Å². The highest BCUT2D eigenvalue weighted by atomic mass is 15.2. The van der Waals surface area contributed by atoms with Crippen molar-refractivity contribution in [3.05, 3.63) is 42.0 Å². The first-order valence-electron chi connectivity index (χ1n) is 6.26. The summed E-state index contributed by atoms with van der Waals surface area (Å²) in [6.07, 6.45) is 5.10. The van der Waals surface area contributed by atoms with Crippen LogP contribution in [-0.2, 0) is 0 Å². The van der Waals surface area contributed by atoms with Gasteiger partial charge in [0.15, 0.2) is 0 Å². The van der Waals surface area contributed by atoms with Crippen molar-refractivity contribution in [3.63, 3.8) is 0 Å². The number of allylic oxidation sites excluding steroid dienone is 1. The molecular formula is C15H18N2. The van der Waals surface area contributed by atoms with Gasteiger partial charge < -0.3 is 4.90 Å². The first kappa shape index (κ1) is 11.7. The van der Waals surface area contributed by atoms with Gasteiger partial charge in [-0.1, -0.05) is 24.3 Å². The fraction of sp³-hybridized carbons (Fsp3) is 0.400. The molecule has 0 spiro atoms. The highest BCUT2D eigenvalue weighted by Crippen LogP contribution is 2.26. The summed E-state index contributed by atoms with van der Waals surface area (Å²) in [6, 6.07) is 13.3. The molecule has 1 aromatic rings. The van der Waals surface area contributed by atoms with Gasteiger partial charge in [-0.2, -0.15) is 5.26 Å².